The molecule has 7 heteroatoms. The van der Waals surface area contributed by atoms with E-state index in [4.69, 9.17) is 0 Å². The average Bonchev–Trinajstić information content (AvgIpc) is 2.55. The van der Waals surface area contributed by atoms with Gasteiger partial charge in [-0.05, 0) is 38.3 Å². The molecule has 1 aromatic rings. The van der Waals surface area contributed by atoms with Crippen LogP contribution in [0.25, 0.3) is 0 Å². The fourth-order valence-corrected chi connectivity index (χ4v) is 2.29. The van der Waals surface area contributed by atoms with Crippen LogP contribution in [-0.4, -0.2) is 53.2 Å². The molecule has 1 amide bonds. The van der Waals surface area contributed by atoms with E-state index in [0.29, 0.717) is 5.82 Å². The second-order valence-corrected chi connectivity index (χ2v) is 5.05. The molecule has 1 aliphatic rings. The first-order valence-corrected chi connectivity index (χ1v) is 7.09. The Balaban J connectivity index is 1.93. The number of carbonyl (C=O) groups is 2. The van der Waals surface area contributed by atoms with E-state index in [1.165, 1.54) is 19.6 Å². The van der Waals surface area contributed by atoms with Gasteiger partial charge in [-0.3, -0.25) is 4.79 Å². The van der Waals surface area contributed by atoms with Gasteiger partial charge in [0.1, 0.15) is 11.9 Å². The van der Waals surface area contributed by atoms with E-state index in [-0.39, 0.29) is 17.6 Å². The minimum absolute atomic E-state index is 0.0635. The molecule has 1 N–H and O–H groups in total. The predicted molar refractivity (Wildman–Crippen MR) is 76.9 cm³/mol. The first-order valence-electron chi connectivity index (χ1n) is 7.09. The number of anilines is 1. The standard InChI is InChI=1S/C14H20N4O3/c1-10(13(19)18-8-4-3-5-9-18)15-12-7-6-11(16-17-12)14(20)21-2/h6-7,10H,3-5,8-9H2,1-2H3,(H,15,17). The normalized spacial score (nSPS) is 16.2. The Morgan fingerprint density at radius 1 is 1.24 bits per heavy atom. The highest BCUT2D eigenvalue weighted by molar-refractivity contribution is 5.87. The number of hydrogen-bond donors (Lipinski definition) is 1. The maximum atomic E-state index is 12.3. The number of piperidine rings is 1. The first-order chi connectivity index (χ1) is 10.1. The van der Waals surface area contributed by atoms with Crippen LogP contribution in [0, 0.1) is 0 Å². The second-order valence-electron chi connectivity index (χ2n) is 5.05. The maximum Gasteiger partial charge on any atom is 0.358 e. The van der Waals surface area contributed by atoms with Crippen molar-refractivity contribution in [1.82, 2.24) is 15.1 Å². The molecule has 0 bridgehead atoms. The monoisotopic (exact) mass is 292 g/mol. The van der Waals surface area contributed by atoms with Crippen LogP contribution in [0.1, 0.15) is 36.7 Å². The van der Waals surface area contributed by atoms with Gasteiger partial charge in [0.05, 0.1) is 7.11 Å². The summed E-state index contributed by atoms with van der Waals surface area (Å²) in [4.78, 5) is 25.4. The Bertz CT molecular complexity index is 497. The zero-order chi connectivity index (χ0) is 15.2. The number of likely N-dealkylation sites (tertiary alicyclic amines) is 1. The number of esters is 1. The zero-order valence-electron chi connectivity index (χ0n) is 12.3. The second kappa shape index (κ2) is 7.01. The van der Waals surface area contributed by atoms with Gasteiger partial charge in [-0.25, -0.2) is 4.79 Å². The summed E-state index contributed by atoms with van der Waals surface area (Å²) in [5, 5.41) is 10.7. The lowest BCUT2D eigenvalue weighted by Gasteiger charge is -2.29. The van der Waals surface area contributed by atoms with E-state index in [2.05, 4.69) is 20.3 Å². The third-order valence-corrected chi connectivity index (χ3v) is 3.46. The van der Waals surface area contributed by atoms with Crippen molar-refractivity contribution >= 4 is 17.7 Å². The number of amides is 1. The van der Waals surface area contributed by atoms with Crippen LogP contribution < -0.4 is 5.32 Å². The quantitative estimate of drug-likeness (QED) is 0.836. The Kier molecular flexibility index (Phi) is 5.08. The summed E-state index contributed by atoms with van der Waals surface area (Å²) < 4.78 is 4.55. The molecule has 7 nitrogen and oxygen atoms in total. The van der Waals surface area contributed by atoms with Crippen LogP contribution >= 0.6 is 0 Å². The summed E-state index contributed by atoms with van der Waals surface area (Å²) in [6.07, 6.45) is 3.31. The summed E-state index contributed by atoms with van der Waals surface area (Å²) in [5.74, 6) is -0.0134. The molecule has 1 aromatic heterocycles. The number of ether oxygens (including phenoxy) is 1. The molecular formula is C14H20N4O3. The Morgan fingerprint density at radius 3 is 2.52 bits per heavy atom. The van der Waals surface area contributed by atoms with E-state index in [9.17, 15) is 9.59 Å². The molecule has 1 unspecified atom stereocenters. The van der Waals surface area contributed by atoms with Crippen molar-refractivity contribution in [3.05, 3.63) is 17.8 Å². The van der Waals surface area contributed by atoms with Gasteiger partial charge < -0.3 is 15.0 Å². The van der Waals surface area contributed by atoms with Crippen molar-refractivity contribution in [3.8, 4) is 0 Å². The van der Waals surface area contributed by atoms with Crippen LogP contribution in [0.2, 0.25) is 0 Å². The van der Waals surface area contributed by atoms with Crippen LogP contribution in [0.5, 0.6) is 0 Å². The molecule has 1 atom stereocenters. The lowest BCUT2D eigenvalue weighted by molar-refractivity contribution is -0.132. The minimum atomic E-state index is -0.536. The third kappa shape index (κ3) is 3.90. The highest BCUT2D eigenvalue weighted by Gasteiger charge is 2.22. The molecule has 0 aliphatic carbocycles. The van der Waals surface area contributed by atoms with Crippen LogP contribution in [0.15, 0.2) is 12.1 Å². The number of carbonyl (C=O) groups excluding carboxylic acids is 2. The van der Waals surface area contributed by atoms with E-state index < -0.39 is 5.97 Å². The maximum absolute atomic E-state index is 12.3. The molecule has 1 fully saturated rings. The number of aromatic nitrogens is 2. The lowest BCUT2D eigenvalue weighted by Crippen LogP contribution is -2.44. The van der Waals surface area contributed by atoms with Gasteiger partial charge >= 0.3 is 5.97 Å². The summed E-state index contributed by atoms with van der Waals surface area (Å²) in [7, 11) is 1.29. The average molecular weight is 292 g/mol. The van der Waals surface area contributed by atoms with Crippen molar-refractivity contribution in [3.63, 3.8) is 0 Å². The van der Waals surface area contributed by atoms with Gasteiger partial charge in [-0.2, -0.15) is 0 Å². The highest BCUT2D eigenvalue weighted by atomic mass is 16.5. The van der Waals surface area contributed by atoms with Crippen molar-refractivity contribution < 1.29 is 14.3 Å². The number of nitrogens with zero attached hydrogens (tertiary/aromatic N) is 3. The number of rotatable bonds is 4. The Morgan fingerprint density at radius 2 is 1.95 bits per heavy atom. The largest absolute Gasteiger partial charge is 0.464 e. The van der Waals surface area contributed by atoms with E-state index >= 15 is 0 Å². The van der Waals surface area contributed by atoms with Crippen molar-refractivity contribution in [1.29, 1.82) is 0 Å². The molecule has 114 valence electrons. The van der Waals surface area contributed by atoms with Gasteiger partial charge in [0, 0.05) is 13.1 Å². The number of nitrogens with one attached hydrogen (secondary N) is 1. The van der Waals surface area contributed by atoms with Crippen LogP contribution in [0.3, 0.4) is 0 Å². The molecule has 0 radical (unpaired) electrons. The SMILES string of the molecule is COC(=O)c1ccc(NC(C)C(=O)N2CCCCC2)nn1. The molecule has 0 spiro atoms. The number of hydrogen-bond acceptors (Lipinski definition) is 6. The molecule has 0 saturated carbocycles. The van der Waals surface area contributed by atoms with Crippen LogP contribution in [0.4, 0.5) is 5.82 Å². The topological polar surface area (TPSA) is 84.4 Å². The Labute approximate surface area is 123 Å². The first kappa shape index (κ1) is 15.2. The molecular weight excluding hydrogens is 272 g/mol. The highest BCUT2D eigenvalue weighted by Crippen LogP contribution is 2.12. The van der Waals surface area contributed by atoms with Crippen LogP contribution in [-0.2, 0) is 9.53 Å². The smallest absolute Gasteiger partial charge is 0.358 e. The van der Waals surface area contributed by atoms with Crippen molar-refractivity contribution in [2.75, 3.05) is 25.5 Å². The van der Waals surface area contributed by atoms with E-state index in [1.807, 2.05) is 4.90 Å². The molecule has 1 aliphatic heterocycles. The van der Waals surface area contributed by atoms with Gasteiger partial charge in [0.25, 0.3) is 0 Å². The minimum Gasteiger partial charge on any atom is -0.464 e. The summed E-state index contributed by atoms with van der Waals surface area (Å²) in [5.41, 5.74) is 0.137. The zero-order valence-corrected chi connectivity index (χ0v) is 12.3. The van der Waals surface area contributed by atoms with E-state index in [0.717, 1.165) is 25.9 Å². The van der Waals surface area contributed by atoms with E-state index in [1.54, 1.807) is 13.0 Å². The molecule has 21 heavy (non-hydrogen) atoms. The third-order valence-electron chi connectivity index (χ3n) is 3.46. The number of methoxy groups -OCH3 is 1. The predicted octanol–water partition coefficient (Wildman–Crippen LogP) is 1.08. The molecule has 2 heterocycles. The van der Waals surface area contributed by atoms with Crippen molar-refractivity contribution in [2.24, 2.45) is 0 Å². The van der Waals surface area contributed by atoms with Gasteiger partial charge in [0.15, 0.2) is 5.69 Å². The molecule has 0 aromatic carbocycles. The lowest BCUT2D eigenvalue weighted by atomic mass is 10.1. The Hall–Kier alpha value is -2.18. The van der Waals surface area contributed by atoms with Gasteiger partial charge in [-0.15, -0.1) is 10.2 Å². The summed E-state index contributed by atoms with van der Waals surface area (Å²) in [6, 6.07) is 2.75. The summed E-state index contributed by atoms with van der Waals surface area (Å²) in [6.45, 7) is 3.43. The molecule has 1 saturated heterocycles. The fourth-order valence-electron chi connectivity index (χ4n) is 2.29. The van der Waals surface area contributed by atoms with Gasteiger partial charge in [-0.1, -0.05) is 0 Å². The molecule has 2 rings (SSSR count). The fraction of sp³-hybridized carbons (Fsp3) is 0.571. The van der Waals surface area contributed by atoms with Crippen molar-refractivity contribution in [2.45, 2.75) is 32.2 Å². The summed E-state index contributed by atoms with van der Waals surface area (Å²) >= 11 is 0. The van der Waals surface area contributed by atoms with Gasteiger partial charge in [0.2, 0.25) is 5.91 Å².